The average Bonchev–Trinajstić information content (AvgIpc) is 3.20. The van der Waals surface area contributed by atoms with E-state index >= 15 is 0 Å². The Balaban J connectivity index is 2.14. The number of nitrogens with zero attached hydrogens (tertiary/aromatic N) is 2. The minimum atomic E-state index is -0.754. The van der Waals surface area contributed by atoms with Gasteiger partial charge >= 0.3 is 12.1 Å². The summed E-state index contributed by atoms with van der Waals surface area (Å²) >= 11 is 0. The van der Waals surface area contributed by atoms with E-state index in [1.807, 2.05) is 13.8 Å². The van der Waals surface area contributed by atoms with Crippen molar-refractivity contribution in [1.82, 2.24) is 15.1 Å². The van der Waals surface area contributed by atoms with E-state index < -0.39 is 35.8 Å². The Hall–Kier alpha value is -2.32. The molecule has 1 unspecified atom stereocenters. The molecule has 0 aliphatic carbocycles. The van der Waals surface area contributed by atoms with E-state index in [9.17, 15) is 19.2 Å². The van der Waals surface area contributed by atoms with Crippen LogP contribution in [-0.4, -0.2) is 77.6 Å². The van der Waals surface area contributed by atoms with Gasteiger partial charge < -0.3 is 19.7 Å². The van der Waals surface area contributed by atoms with Gasteiger partial charge in [0.05, 0.1) is 7.11 Å². The largest absolute Gasteiger partial charge is 0.467 e. The van der Waals surface area contributed by atoms with Gasteiger partial charge in [-0.05, 0) is 65.2 Å². The number of esters is 1. The highest BCUT2D eigenvalue weighted by atomic mass is 16.6. The van der Waals surface area contributed by atoms with Gasteiger partial charge in [0.1, 0.15) is 23.7 Å². The molecular weight excluding hydrogens is 414 g/mol. The van der Waals surface area contributed by atoms with Gasteiger partial charge in [-0.2, -0.15) is 0 Å². The molecule has 0 saturated carbocycles. The van der Waals surface area contributed by atoms with E-state index in [1.165, 1.54) is 12.0 Å². The summed E-state index contributed by atoms with van der Waals surface area (Å²) < 4.78 is 10.3. The summed E-state index contributed by atoms with van der Waals surface area (Å²) in [5.74, 6) is -0.889. The molecule has 2 rings (SSSR count). The molecular formula is C23H39N3O6. The molecule has 0 radical (unpaired) electrons. The van der Waals surface area contributed by atoms with E-state index in [0.29, 0.717) is 38.8 Å². The van der Waals surface area contributed by atoms with Crippen LogP contribution in [0.25, 0.3) is 0 Å². The molecule has 182 valence electrons. The molecule has 0 aromatic carbocycles. The second-order valence-corrected chi connectivity index (χ2v) is 10.1. The first-order chi connectivity index (χ1) is 14.9. The second-order valence-electron chi connectivity index (χ2n) is 10.1. The molecule has 2 saturated heterocycles. The van der Waals surface area contributed by atoms with E-state index in [4.69, 9.17) is 9.47 Å². The Morgan fingerprint density at radius 1 is 0.969 bits per heavy atom. The number of rotatable bonds is 6. The van der Waals surface area contributed by atoms with E-state index in [1.54, 1.807) is 25.7 Å². The average molecular weight is 454 g/mol. The van der Waals surface area contributed by atoms with Gasteiger partial charge in [-0.25, -0.2) is 9.59 Å². The number of nitrogens with one attached hydrogen (secondary N) is 1. The number of methoxy groups -OCH3 is 1. The summed E-state index contributed by atoms with van der Waals surface area (Å²) in [6, 6.07) is -2.06. The third-order valence-corrected chi connectivity index (χ3v) is 5.76. The number of carbonyl (C=O) groups is 4. The molecule has 9 nitrogen and oxygen atoms in total. The van der Waals surface area contributed by atoms with Gasteiger partial charge in [-0.15, -0.1) is 0 Å². The maximum Gasteiger partial charge on any atom is 0.410 e. The molecule has 2 aliphatic rings. The second kappa shape index (κ2) is 11.0. The molecule has 2 heterocycles. The SMILES string of the molecule is COC(=O)[C@H](CC(C)C)NC(=O)C1CCCCN1C(=O)[C@@H]1CCCN1C(=O)OC(C)(C)C. The van der Waals surface area contributed by atoms with Crippen LogP contribution in [0, 0.1) is 5.92 Å². The number of likely N-dealkylation sites (tertiary alicyclic amines) is 2. The number of hydrogen-bond donors (Lipinski definition) is 1. The summed E-state index contributed by atoms with van der Waals surface area (Å²) in [6.07, 6.45) is 3.32. The predicted octanol–water partition coefficient (Wildman–Crippen LogP) is 2.47. The van der Waals surface area contributed by atoms with Gasteiger partial charge in [0.15, 0.2) is 0 Å². The van der Waals surface area contributed by atoms with Gasteiger partial charge in [-0.3, -0.25) is 14.5 Å². The topological polar surface area (TPSA) is 105 Å². The normalized spacial score (nSPS) is 22.5. The van der Waals surface area contributed by atoms with Crippen LogP contribution in [0.1, 0.15) is 73.1 Å². The van der Waals surface area contributed by atoms with Gasteiger partial charge in [0.2, 0.25) is 11.8 Å². The van der Waals surface area contributed by atoms with Crippen molar-refractivity contribution < 1.29 is 28.7 Å². The number of carbonyl (C=O) groups excluding carboxylic acids is 4. The first-order valence-electron chi connectivity index (χ1n) is 11.6. The van der Waals surface area contributed by atoms with Crippen LogP contribution in [0.15, 0.2) is 0 Å². The van der Waals surface area contributed by atoms with Crippen molar-refractivity contribution in [1.29, 1.82) is 0 Å². The smallest absolute Gasteiger partial charge is 0.410 e. The molecule has 32 heavy (non-hydrogen) atoms. The standard InChI is InChI=1S/C23H39N3O6/c1-15(2)14-16(21(29)31-6)24-19(27)17-10-7-8-12-25(17)20(28)18-11-9-13-26(18)22(30)32-23(3,4)5/h15-18H,7-14H2,1-6H3,(H,24,27)/t16-,17?,18-/m0/s1. The highest BCUT2D eigenvalue weighted by Crippen LogP contribution is 2.26. The van der Waals surface area contributed by atoms with Gasteiger partial charge in [0, 0.05) is 13.1 Å². The fourth-order valence-corrected chi connectivity index (χ4v) is 4.32. The number of hydrogen-bond acceptors (Lipinski definition) is 6. The summed E-state index contributed by atoms with van der Waals surface area (Å²) in [5.41, 5.74) is -0.653. The maximum atomic E-state index is 13.5. The predicted molar refractivity (Wildman–Crippen MR) is 119 cm³/mol. The van der Waals surface area contributed by atoms with Gasteiger partial charge in [0.25, 0.3) is 0 Å². The molecule has 0 bridgehead atoms. The summed E-state index contributed by atoms with van der Waals surface area (Å²) in [5, 5.41) is 2.80. The zero-order valence-electron chi connectivity index (χ0n) is 20.3. The molecule has 0 aromatic rings. The van der Waals surface area contributed by atoms with Crippen molar-refractivity contribution in [2.24, 2.45) is 5.92 Å². The Morgan fingerprint density at radius 2 is 1.59 bits per heavy atom. The van der Waals surface area contributed by atoms with Crippen LogP contribution in [0.4, 0.5) is 4.79 Å². The van der Waals surface area contributed by atoms with E-state index in [-0.39, 0.29) is 17.7 Å². The van der Waals surface area contributed by atoms with Crippen LogP contribution >= 0.6 is 0 Å². The fourth-order valence-electron chi connectivity index (χ4n) is 4.32. The van der Waals surface area contributed by atoms with Crippen molar-refractivity contribution in [3.8, 4) is 0 Å². The van der Waals surface area contributed by atoms with Crippen molar-refractivity contribution in [3.63, 3.8) is 0 Å². The van der Waals surface area contributed by atoms with Crippen molar-refractivity contribution in [2.45, 2.75) is 96.9 Å². The Bertz CT molecular complexity index is 702. The minimum Gasteiger partial charge on any atom is -0.467 e. The molecule has 9 heteroatoms. The lowest BCUT2D eigenvalue weighted by Gasteiger charge is -2.38. The Labute approximate surface area is 191 Å². The van der Waals surface area contributed by atoms with Gasteiger partial charge in [-0.1, -0.05) is 13.8 Å². The lowest BCUT2D eigenvalue weighted by molar-refractivity contribution is -0.149. The maximum absolute atomic E-state index is 13.5. The highest BCUT2D eigenvalue weighted by Gasteiger charge is 2.42. The Kier molecular flexibility index (Phi) is 8.92. The minimum absolute atomic E-state index is 0.185. The third kappa shape index (κ3) is 6.84. The van der Waals surface area contributed by atoms with Crippen LogP contribution in [0.5, 0.6) is 0 Å². The number of piperidine rings is 1. The Morgan fingerprint density at radius 3 is 2.19 bits per heavy atom. The molecule has 1 N–H and O–H groups in total. The van der Waals surface area contributed by atoms with Crippen LogP contribution in [0.3, 0.4) is 0 Å². The van der Waals surface area contributed by atoms with E-state index in [0.717, 1.165) is 12.8 Å². The van der Waals surface area contributed by atoms with Crippen molar-refractivity contribution >= 4 is 23.9 Å². The first-order valence-corrected chi connectivity index (χ1v) is 11.6. The highest BCUT2D eigenvalue weighted by molar-refractivity contribution is 5.93. The monoisotopic (exact) mass is 453 g/mol. The zero-order chi connectivity index (χ0) is 24.1. The van der Waals surface area contributed by atoms with Crippen LogP contribution in [-0.2, 0) is 23.9 Å². The zero-order valence-corrected chi connectivity index (χ0v) is 20.3. The van der Waals surface area contributed by atoms with Crippen molar-refractivity contribution in [2.75, 3.05) is 20.2 Å². The fraction of sp³-hybridized carbons (Fsp3) is 0.826. The molecule has 3 atom stereocenters. The quantitative estimate of drug-likeness (QED) is 0.620. The summed E-state index contributed by atoms with van der Waals surface area (Å²) in [6.45, 7) is 10.2. The van der Waals surface area contributed by atoms with Crippen molar-refractivity contribution in [3.05, 3.63) is 0 Å². The molecule has 3 amide bonds. The molecule has 2 aliphatic heterocycles. The lowest BCUT2D eigenvalue weighted by atomic mass is 9.98. The summed E-state index contributed by atoms with van der Waals surface area (Å²) in [7, 11) is 1.30. The lowest BCUT2D eigenvalue weighted by Crippen LogP contribution is -2.58. The number of ether oxygens (including phenoxy) is 2. The number of amides is 3. The molecule has 0 spiro atoms. The van der Waals surface area contributed by atoms with E-state index in [2.05, 4.69) is 5.32 Å². The first kappa shape index (κ1) is 25.9. The summed E-state index contributed by atoms with van der Waals surface area (Å²) in [4.78, 5) is 54.4. The molecule has 2 fully saturated rings. The van der Waals surface area contributed by atoms with Crippen LogP contribution in [0.2, 0.25) is 0 Å². The molecule has 0 aromatic heterocycles. The van der Waals surface area contributed by atoms with Crippen LogP contribution < -0.4 is 5.32 Å². The third-order valence-electron chi connectivity index (χ3n) is 5.76.